The highest BCUT2D eigenvalue weighted by atomic mass is 19.1. The van der Waals surface area contributed by atoms with Crippen LogP contribution in [0, 0.1) is 5.82 Å². The predicted molar refractivity (Wildman–Crippen MR) is 38.7 cm³/mol. The molecule has 4 heteroatoms. The molecule has 0 atom stereocenters. The standard InChI is InChI=1S/C7H9FN2O/c1-9-5-11-7-2-6(8)3-10-4-7/h2-4,9H,5H2,1H3. The van der Waals surface area contributed by atoms with Crippen LogP contribution in [0.1, 0.15) is 0 Å². The SMILES string of the molecule is CNCOc1cncc(F)c1. The first-order valence-electron chi connectivity index (χ1n) is 3.21. The zero-order valence-electron chi connectivity index (χ0n) is 6.17. The fourth-order valence-electron chi connectivity index (χ4n) is 0.627. The maximum absolute atomic E-state index is 12.4. The molecule has 0 spiro atoms. The molecule has 1 heterocycles. The Hall–Kier alpha value is -1.16. The van der Waals surface area contributed by atoms with Gasteiger partial charge in [-0.1, -0.05) is 0 Å². The largest absolute Gasteiger partial charge is 0.477 e. The minimum Gasteiger partial charge on any atom is -0.477 e. The quantitative estimate of drug-likeness (QED) is 0.656. The summed E-state index contributed by atoms with van der Waals surface area (Å²) in [6.45, 7) is 0.352. The van der Waals surface area contributed by atoms with Gasteiger partial charge in [0.25, 0.3) is 0 Å². The Bertz CT molecular complexity index is 229. The van der Waals surface area contributed by atoms with Crippen LogP contribution in [0.2, 0.25) is 0 Å². The van der Waals surface area contributed by atoms with Crippen molar-refractivity contribution in [3.63, 3.8) is 0 Å². The Morgan fingerprint density at radius 3 is 3.09 bits per heavy atom. The molecule has 0 radical (unpaired) electrons. The molecule has 0 fully saturated rings. The zero-order chi connectivity index (χ0) is 8.10. The van der Waals surface area contributed by atoms with E-state index in [9.17, 15) is 4.39 Å². The van der Waals surface area contributed by atoms with Crippen molar-refractivity contribution < 1.29 is 9.13 Å². The molecule has 0 saturated heterocycles. The number of rotatable bonds is 3. The lowest BCUT2D eigenvalue weighted by Crippen LogP contribution is -2.14. The average molecular weight is 156 g/mol. The molecule has 0 unspecified atom stereocenters. The molecule has 1 rings (SSSR count). The molecule has 1 aromatic heterocycles. The fourth-order valence-corrected chi connectivity index (χ4v) is 0.627. The zero-order valence-corrected chi connectivity index (χ0v) is 6.17. The highest BCUT2D eigenvalue weighted by Crippen LogP contribution is 2.08. The smallest absolute Gasteiger partial charge is 0.145 e. The first-order valence-corrected chi connectivity index (χ1v) is 3.21. The van der Waals surface area contributed by atoms with Gasteiger partial charge in [0.15, 0.2) is 0 Å². The van der Waals surface area contributed by atoms with E-state index in [2.05, 4.69) is 10.3 Å². The first-order chi connectivity index (χ1) is 5.33. The number of aromatic nitrogens is 1. The van der Waals surface area contributed by atoms with Crippen molar-refractivity contribution in [3.05, 3.63) is 24.3 Å². The molecule has 0 amide bonds. The number of pyridine rings is 1. The number of hydrogen-bond donors (Lipinski definition) is 1. The minimum absolute atomic E-state index is 0.352. The molecule has 0 aromatic carbocycles. The van der Waals surface area contributed by atoms with Gasteiger partial charge in [-0.3, -0.25) is 10.3 Å². The summed E-state index contributed by atoms with van der Waals surface area (Å²) in [4.78, 5) is 3.61. The van der Waals surface area contributed by atoms with E-state index >= 15 is 0 Å². The fraction of sp³-hybridized carbons (Fsp3) is 0.286. The normalized spacial score (nSPS) is 9.64. The van der Waals surface area contributed by atoms with Crippen LogP contribution in [-0.2, 0) is 0 Å². The van der Waals surface area contributed by atoms with Gasteiger partial charge in [-0.2, -0.15) is 0 Å². The van der Waals surface area contributed by atoms with Crippen LogP contribution in [0.3, 0.4) is 0 Å². The van der Waals surface area contributed by atoms with Gasteiger partial charge in [-0.15, -0.1) is 0 Å². The van der Waals surface area contributed by atoms with Crippen molar-refractivity contribution in [1.29, 1.82) is 0 Å². The van der Waals surface area contributed by atoms with Crippen molar-refractivity contribution in [2.75, 3.05) is 13.8 Å². The third kappa shape index (κ3) is 2.51. The van der Waals surface area contributed by atoms with Gasteiger partial charge < -0.3 is 4.74 Å². The average Bonchev–Trinajstić information content (AvgIpc) is 2.01. The van der Waals surface area contributed by atoms with Crippen LogP contribution in [0.4, 0.5) is 4.39 Å². The number of ether oxygens (including phenoxy) is 1. The van der Waals surface area contributed by atoms with E-state index in [0.29, 0.717) is 12.5 Å². The molecular formula is C7H9FN2O. The predicted octanol–water partition coefficient (Wildman–Crippen LogP) is 0.776. The number of nitrogens with zero attached hydrogens (tertiary/aromatic N) is 1. The molecule has 60 valence electrons. The van der Waals surface area contributed by atoms with Crippen molar-refractivity contribution in [1.82, 2.24) is 10.3 Å². The summed E-state index contributed by atoms with van der Waals surface area (Å²) in [6, 6.07) is 1.28. The summed E-state index contributed by atoms with van der Waals surface area (Å²) in [5.74, 6) is 0.0398. The summed E-state index contributed by atoms with van der Waals surface area (Å²) < 4.78 is 17.5. The molecule has 0 saturated carbocycles. The van der Waals surface area contributed by atoms with Gasteiger partial charge in [0.05, 0.1) is 12.4 Å². The summed E-state index contributed by atoms with van der Waals surface area (Å²) in [6.07, 6.45) is 2.59. The molecule has 0 bridgehead atoms. The Kier molecular flexibility index (Phi) is 2.80. The van der Waals surface area contributed by atoms with Gasteiger partial charge in [0.2, 0.25) is 0 Å². The lowest BCUT2D eigenvalue weighted by atomic mass is 10.4. The van der Waals surface area contributed by atoms with Crippen LogP contribution in [-0.4, -0.2) is 18.8 Å². The van der Waals surface area contributed by atoms with E-state index in [4.69, 9.17) is 4.74 Å². The van der Waals surface area contributed by atoms with Gasteiger partial charge in [0, 0.05) is 6.07 Å². The summed E-state index contributed by atoms with van der Waals surface area (Å²) in [5, 5.41) is 2.76. The van der Waals surface area contributed by atoms with E-state index in [1.807, 2.05) is 0 Å². The Labute approximate surface area is 64.2 Å². The highest BCUT2D eigenvalue weighted by Gasteiger charge is 1.94. The molecule has 1 N–H and O–H groups in total. The second kappa shape index (κ2) is 3.88. The van der Waals surface area contributed by atoms with Crippen molar-refractivity contribution >= 4 is 0 Å². The number of hydrogen-bond acceptors (Lipinski definition) is 3. The molecule has 11 heavy (non-hydrogen) atoms. The maximum Gasteiger partial charge on any atom is 0.145 e. The Balaban J connectivity index is 2.56. The molecular weight excluding hydrogens is 147 g/mol. The Morgan fingerprint density at radius 1 is 1.64 bits per heavy atom. The minimum atomic E-state index is -0.390. The third-order valence-corrected chi connectivity index (χ3v) is 1.06. The van der Waals surface area contributed by atoms with E-state index < -0.39 is 5.82 Å². The van der Waals surface area contributed by atoms with Crippen LogP contribution in [0.25, 0.3) is 0 Å². The number of nitrogens with one attached hydrogen (secondary N) is 1. The summed E-state index contributed by atoms with van der Waals surface area (Å²) in [7, 11) is 1.74. The third-order valence-electron chi connectivity index (χ3n) is 1.06. The van der Waals surface area contributed by atoms with E-state index in [0.717, 1.165) is 6.20 Å². The molecule has 0 aliphatic rings. The second-order valence-electron chi connectivity index (χ2n) is 1.98. The molecule has 3 nitrogen and oxygen atoms in total. The van der Waals surface area contributed by atoms with Gasteiger partial charge >= 0.3 is 0 Å². The van der Waals surface area contributed by atoms with Crippen LogP contribution in [0.15, 0.2) is 18.5 Å². The number of halogens is 1. The van der Waals surface area contributed by atoms with E-state index in [-0.39, 0.29) is 0 Å². The van der Waals surface area contributed by atoms with E-state index in [1.54, 1.807) is 7.05 Å². The van der Waals surface area contributed by atoms with Crippen molar-refractivity contribution in [3.8, 4) is 5.75 Å². The van der Waals surface area contributed by atoms with Crippen LogP contribution >= 0.6 is 0 Å². The first kappa shape index (κ1) is 7.94. The molecule has 0 aliphatic carbocycles. The second-order valence-corrected chi connectivity index (χ2v) is 1.98. The molecule has 0 aliphatic heterocycles. The van der Waals surface area contributed by atoms with Gasteiger partial charge in [-0.05, 0) is 7.05 Å². The Morgan fingerprint density at radius 2 is 2.45 bits per heavy atom. The lowest BCUT2D eigenvalue weighted by molar-refractivity contribution is 0.293. The maximum atomic E-state index is 12.4. The highest BCUT2D eigenvalue weighted by molar-refractivity contribution is 5.16. The van der Waals surface area contributed by atoms with Crippen molar-refractivity contribution in [2.45, 2.75) is 0 Å². The summed E-state index contributed by atoms with van der Waals surface area (Å²) >= 11 is 0. The topological polar surface area (TPSA) is 34.1 Å². The monoisotopic (exact) mass is 156 g/mol. The summed E-state index contributed by atoms with van der Waals surface area (Å²) in [5.41, 5.74) is 0. The van der Waals surface area contributed by atoms with Crippen molar-refractivity contribution in [2.24, 2.45) is 0 Å². The van der Waals surface area contributed by atoms with E-state index in [1.165, 1.54) is 12.3 Å². The lowest BCUT2D eigenvalue weighted by Gasteiger charge is -2.02. The van der Waals surface area contributed by atoms with Gasteiger partial charge in [0.1, 0.15) is 18.3 Å². The van der Waals surface area contributed by atoms with Crippen LogP contribution < -0.4 is 10.1 Å². The van der Waals surface area contributed by atoms with Gasteiger partial charge in [-0.25, -0.2) is 4.39 Å². The van der Waals surface area contributed by atoms with Crippen LogP contribution in [0.5, 0.6) is 5.75 Å². The molecule has 1 aromatic rings.